The molecule has 1 aliphatic carbocycles. The summed E-state index contributed by atoms with van der Waals surface area (Å²) in [6, 6.07) is 5.93. The number of aromatic nitrogens is 4. The molecule has 24 heavy (non-hydrogen) atoms. The maximum absolute atomic E-state index is 12.1. The van der Waals surface area contributed by atoms with Crippen molar-refractivity contribution in [2.45, 2.75) is 31.3 Å². The first-order valence-electron chi connectivity index (χ1n) is 8.09. The van der Waals surface area contributed by atoms with E-state index in [1.165, 1.54) is 0 Å². The lowest BCUT2D eigenvalue weighted by Gasteiger charge is -2.19. The van der Waals surface area contributed by atoms with Gasteiger partial charge in [0, 0.05) is 25.3 Å². The summed E-state index contributed by atoms with van der Waals surface area (Å²) in [5.41, 5.74) is 1.59. The van der Waals surface area contributed by atoms with Gasteiger partial charge in [-0.1, -0.05) is 0 Å². The minimum Gasteiger partial charge on any atom is -0.335 e. The fourth-order valence-electron chi connectivity index (χ4n) is 3.06. The van der Waals surface area contributed by atoms with Crippen molar-refractivity contribution < 1.29 is 4.79 Å². The molecule has 2 heterocycles. The number of urea groups is 1. The molecule has 2 aromatic rings. The molecule has 0 saturated heterocycles. The first-order valence-corrected chi connectivity index (χ1v) is 8.09. The van der Waals surface area contributed by atoms with E-state index in [1.807, 2.05) is 19.2 Å². The summed E-state index contributed by atoms with van der Waals surface area (Å²) < 4.78 is 1.73. The Morgan fingerprint density at radius 2 is 2.08 bits per heavy atom. The Kier molecular flexibility index (Phi) is 4.75. The monoisotopic (exact) mass is 329 g/mol. The molecule has 128 valence electrons. The lowest BCUT2D eigenvalue weighted by molar-refractivity contribution is 0.246. The molecule has 1 fully saturated rings. The third-order valence-electron chi connectivity index (χ3n) is 4.46. The Balaban J connectivity index is 1.55. The molecule has 1 saturated carbocycles. The summed E-state index contributed by atoms with van der Waals surface area (Å²) in [4.78, 5) is 14.3. The molecule has 0 aromatic carbocycles. The van der Waals surface area contributed by atoms with Gasteiger partial charge in [0.15, 0.2) is 5.82 Å². The second-order valence-electron chi connectivity index (χ2n) is 6.37. The molecule has 0 aliphatic heterocycles. The SMILES string of the molecule is CN(C)[C@@H]1CC[C@H](NC(=O)Nc2ccc(-c3ccnn3C)nn2)C1. The molecule has 3 rings (SSSR count). The Morgan fingerprint density at radius 3 is 2.67 bits per heavy atom. The zero-order valence-electron chi connectivity index (χ0n) is 14.2. The molecule has 2 amide bonds. The van der Waals surface area contributed by atoms with Crippen LogP contribution in [0, 0.1) is 0 Å². The molecular weight excluding hydrogens is 306 g/mol. The van der Waals surface area contributed by atoms with E-state index in [4.69, 9.17) is 0 Å². The highest BCUT2D eigenvalue weighted by atomic mass is 16.2. The van der Waals surface area contributed by atoms with Crippen molar-refractivity contribution in [1.29, 1.82) is 0 Å². The highest BCUT2D eigenvalue weighted by molar-refractivity contribution is 5.88. The second kappa shape index (κ2) is 6.96. The van der Waals surface area contributed by atoms with Gasteiger partial charge < -0.3 is 10.2 Å². The maximum atomic E-state index is 12.1. The molecule has 2 atom stereocenters. The topological polar surface area (TPSA) is 88.0 Å². The summed E-state index contributed by atoms with van der Waals surface area (Å²) in [5, 5.41) is 18.1. The molecule has 0 radical (unpaired) electrons. The summed E-state index contributed by atoms with van der Waals surface area (Å²) >= 11 is 0. The zero-order valence-corrected chi connectivity index (χ0v) is 14.2. The van der Waals surface area contributed by atoms with Crippen LogP contribution in [0.5, 0.6) is 0 Å². The van der Waals surface area contributed by atoms with E-state index in [-0.39, 0.29) is 12.1 Å². The van der Waals surface area contributed by atoms with Crippen LogP contribution in [0.15, 0.2) is 24.4 Å². The highest BCUT2D eigenvalue weighted by Crippen LogP contribution is 2.22. The van der Waals surface area contributed by atoms with Crippen LogP contribution in [0.1, 0.15) is 19.3 Å². The maximum Gasteiger partial charge on any atom is 0.320 e. The third kappa shape index (κ3) is 3.70. The van der Waals surface area contributed by atoms with Crippen LogP contribution in [0.4, 0.5) is 10.6 Å². The molecular formula is C16H23N7O. The Labute approximate surface area is 141 Å². The van der Waals surface area contributed by atoms with Crippen LogP contribution >= 0.6 is 0 Å². The Bertz CT molecular complexity index is 695. The first kappa shape index (κ1) is 16.4. The molecule has 0 bridgehead atoms. The van der Waals surface area contributed by atoms with Gasteiger partial charge in [0.25, 0.3) is 0 Å². The highest BCUT2D eigenvalue weighted by Gasteiger charge is 2.27. The van der Waals surface area contributed by atoms with Crippen molar-refractivity contribution in [3.05, 3.63) is 24.4 Å². The van der Waals surface area contributed by atoms with Crippen molar-refractivity contribution in [2.75, 3.05) is 19.4 Å². The number of amides is 2. The van der Waals surface area contributed by atoms with Crippen molar-refractivity contribution >= 4 is 11.8 Å². The molecule has 2 aromatic heterocycles. The molecule has 2 N–H and O–H groups in total. The van der Waals surface area contributed by atoms with Crippen LogP contribution in [0.2, 0.25) is 0 Å². The molecule has 8 heteroatoms. The lowest BCUT2D eigenvalue weighted by atomic mass is 10.2. The number of aryl methyl sites for hydroxylation is 1. The van der Waals surface area contributed by atoms with Gasteiger partial charge in [-0.25, -0.2) is 4.79 Å². The first-order chi connectivity index (χ1) is 11.5. The van der Waals surface area contributed by atoms with Crippen LogP contribution < -0.4 is 10.6 Å². The molecule has 8 nitrogen and oxygen atoms in total. The number of carbonyl (C=O) groups is 1. The predicted molar refractivity (Wildman–Crippen MR) is 91.5 cm³/mol. The summed E-state index contributed by atoms with van der Waals surface area (Å²) in [6.45, 7) is 0. The van der Waals surface area contributed by atoms with E-state index in [0.29, 0.717) is 17.6 Å². The number of nitrogens with one attached hydrogen (secondary N) is 2. The third-order valence-corrected chi connectivity index (χ3v) is 4.46. The van der Waals surface area contributed by atoms with E-state index in [9.17, 15) is 4.79 Å². The smallest absolute Gasteiger partial charge is 0.320 e. The van der Waals surface area contributed by atoms with Crippen molar-refractivity contribution in [1.82, 2.24) is 30.2 Å². The molecule has 0 unspecified atom stereocenters. The van der Waals surface area contributed by atoms with Gasteiger partial charge in [-0.3, -0.25) is 10.00 Å². The number of carbonyl (C=O) groups excluding carboxylic acids is 1. The normalized spacial score (nSPS) is 20.3. The lowest BCUT2D eigenvalue weighted by Crippen LogP contribution is -2.38. The second-order valence-corrected chi connectivity index (χ2v) is 6.37. The molecule has 1 aliphatic rings. The fourth-order valence-corrected chi connectivity index (χ4v) is 3.06. The zero-order chi connectivity index (χ0) is 17.1. The van der Waals surface area contributed by atoms with Crippen molar-refractivity contribution in [3.63, 3.8) is 0 Å². The summed E-state index contributed by atoms with van der Waals surface area (Å²) in [5.74, 6) is 0.431. The van der Waals surface area contributed by atoms with E-state index in [2.05, 4.69) is 44.9 Å². The van der Waals surface area contributed by atoms with E-state index in [0.717, 1.165) is 25.0 Å². The van der Waals surface area contributed by atoms with Crippen LogP contribution in [0.3, 0.4) is 0 Å². The van der Waals surface area contributed by atoms with Crippen molar-refractivity contribution in [3.8, 4) is 11.4 Å². The average Bonchev–Trinajstić information content (AvgIpc) is 3.17. The van der Waals surface area contributed by atoms with Gasteiger partial charge in [0.05, 0.1) is 5.69 Å². The van der Waals surface area contributed by atoms with Gasteiger partial charge in [0.1, 0.15) is 5.69 Å². The number of rotatable bonds is 4. The number of hydrogen-bond donors (Lipinski definition) is 2. The standard InChI is InChI=1S/C16H23N7O/c1-22(2)12-5-4-11(10-12)18-16(24)19-15-7-6-13(20-21-15)14-8-9-17-23(14)3/h6-9,11-12H,4-5,10H2,1-3H3,(H2,18,19,21,24)/t11-,12+/m0/s1. The number of anilines is 1. The minimum absolute atomic E-state index is 0.207. The van der Waals surface area contributed by atoms with Gasteiger partial charge in [-0.2, -0.15) is 5.10 Å². The van der Waals surface area contributed by atoms with E-state index in [1.54, 1.807) is 16.9 Å². The largest absolute Gasteiger partial charge is 0.335 e. The quantitative estimate of drug-likeness (QED) is 0.887. The Morgan fingerprint density at radius 1 is 1.25 bits per heavy atom. The van der Waals surface area contributed by atoms with Crippen LogP contribution in [-0.2, 0) is 7.05 Å². The average molecular weight is 329 g/mol. The number of hydrogen-bond acceptors (Lipinski definition) is 5. The van der Waals surface area contributed by atoms with Gasteiger partial charge in [-0.15, -0.1) is 10.2 Å². The van der Waals surface area contributed by atoms with Crippen LogP contribution in [0.25, 0.3) is 11.4 Å². The molecule has 0 spiro atoms. The predicted octanol–water partition coefficient (Wildman–Crippen LogP) is 1.48. The van der Waals surface area contributed by atoms with E-state index >= 15 is 0 Å². The Hall–Kier alpha value is -2.48. The fraction of sp³-hybridized carbons (Fsp3) is 0.500. The van der Waals surface area contributed by atoms with Gasteiger partial charge >= 0.3 is 6.03 Å². The van der Waals surface area contributed by atoms with Gasteiger partial charge in [-0.05, 0) is 51.6 Å². The van der Waals surface area contributed by atoms with E-state index < -0.39 is 0 Å². The number of nitrogens with zero attached hydrogens (tertiary/aromatic N) is 5. The minimum atomic E-state index is -0.234. The van der Waals surface area contributed by atoms with Gasteiger partial charge in [0.2, 0.25) is 0 Å². The van der Waals surface area contributed by atoms with Crippen LogP contribution in [-0.4, -0.2) is 57.1 Å². The van der Waals surface area contributed by atoms with Crippen molar-refractivity contribution in [2.24, 2.45) is 7.05 Å². The summed E-state index contributed by atoms with van der Waals surface area (Å²) in [6.07, 6.45) is 4.79. The summed E-state index contributed by atoms with van der Waals surface area (Å²) in [7, 11) is 6.00.